The lowest BCUT2D eigenvalue weighted by Crippen LogP contribution is -2.49. The number of ether oxygens (including phenoxy) is 1. The van der Waals surface area contributed by atoms with Gasteiger partial charge in [0.15, 0.2) is 9.84 Å². The van der Waals surface area contributed by atoms with E-state index < -0.39 is 31.9 Å². The molecule has 0 unspecified atom stereocenters. The van der Waals surface area contributed by atoms with Crippen LogP contribution in [0, 0.1) is 5.82 Å². The molecule has 1 aromatic heterocycles. The molecular weight excluding hydrogens is 513 g/mol. The molecule has 1 saturated heterocycles. The van der Waals surface area contributed by atoms with Gasteiger partial charge in [0.05, 0.1) is 18.6 Å². The molecule has 10 nitrogen and oxygen atoms in total. The molecule has 1 aliphatic rings. The molecule has 0 saturated carbocycles. The third-order valence-corrected chi connectivity index (χ3v) is 9.25. The number of aromatic nitrogens is 3. The van der Waals surface area contributed by atoms with Gasteiger partial charge in [-0.2, -0.15) is 0 Å². The molecule has 1 aliphatic heterocycles. The van der Waals surface area contributed by atoms with Crippen molar-refractivity contribution in [2.75, 3.05) is 46.2 Å². The Hall–Kier alpha value is -3.22. The average molecular weight is 546 g/mol. The monoisotopic (exact) mass is 545 g/mol. The summed E-state index contributed by atoms with van der Waals surface area (Å²) in [5, 5.41) is 10.4. The van der Waals surface area contributed by atoms with Crippen molar-refractivity contribution in [3.63, 3.8) is 0 Å². The Labute approximate surface area is 220 Å². The number of nitrogens with one attached hydrogen (secondary N) is 1. The Morgan fingerprint density at radius 2 is 1.84 bits per heavy atom. The maximum absolute atomic E-state index is 15.1. The van der Waals surface area contributed by atoms with E-state index in [0.717, 1.165) is 61.8 Å². The number of benzene rings is 2. The summed E-state index contributed by atoms with van der Waals surface area (Å²) in [6.07, 6.45) is 1.64. The van der Waals surface area contributed by atoms with Gasteiger partial charge in [-0.15, -0.1) is 5.10 Å². The molecule has 1 atom stereocenters. The molecular formula is C26H32FN5O5S. The number of carbonyl (C=O) groups excluding carboxylic acids is 1. The fourth-order valence-corrected chi connectivity index (χ4v) is 5.38. The zero-order valence-electron chi connectivity index (χ0n) is 21.7. The first-order valence-corrected chi connectivity index (χ1v) is 14.3. The van der Waals surface area contributed by atoms with Crippen molar-refractivity contribution < 1.29 is 22.3 Å². The summed E-state index contributed by atoms with van der Waals surface area (Å²) < 4.78 is 44.3. The van der Waals surface area contributed by atoms with Gasteiger partial charge in [-0.25, -0.2) is 17.5 Å². The van der Waals surface area contributed by atoms with Crippen molar-refractivity contribution in [2.45, 2.75) is 31.1 Å². The van der Waals surface area contributed by atoms with Crippen molar-refractivity contribution in [1.82, 2.24) is 25.2 Å². The Morgan fingerprint density at radius 1 is 1.16 bits per heavy atom. The number of nitrogens with zero attached hydrogens (tertiary/aromatic N) is 4. The maximum Gasteiger partial charge on any atom is 0.277 e. The number of morpholine rings is 1. The number of sulfone groups is 1. The highest BCUT2D eigenvalue weighted by Crippen LogP contribution is 2.27. The molecule has 2 heterocycles. The van der Waals surface area contributed by atoms with Crippen LogP contribution in [0.4, 0.5) is 4.39 Å². The summed E-state index contributed by atoms with van der Waals surface area (Å²) in [4.78, 5) is 27.6. The van der Waals surface area contributed by atoms with Gasteiger partial charge in [0, 0.05) is 45.0 Å². The van der Waals surface area contributed by atoms with Crippen LogP contribution in [0.1, 0.15) is 18.9 Å². The number of fused-ring (bicyclic) bond motifs is 1. The number of halogens is 1. The van der Waals surface area contributed by atoms with Crippen LogP contribution >= 0.6 is 0 Å². The quantitative estimate of drug-likeness (QED) is 0.428. The van der Waals surface area contributed by atoms with Gasteiger partial charge in [-0.1, -0.05) is 29.5 Å². The highest BCUT2D eigenvalue weighted by molar-refractivity contribution is 7.92. The van der Waals surface area contributed by atoms with Gasteiger partial charge in [0.25, 0.3) is 5.56 Å². The summed E-state index contributed by atoms with van der Waals surface area (Å²) >= 11 is 0. The minimum absolute atomic E-state index is 0.0179. The first-order chi connectivity index (χ1) is 18.0. The molecule has 1 N–H and O–H groups in total. The van der Waals surface area contributed by atoms with Crippen LogP contribution in [0.5, 0.6) is 0 Å². The fourth-order valence-electron chi connectivity index (χ4n) is 4.48. The molecule has 0 radical (unpaired) electrons. The number of aryl methyl sites for hydroxylation is 1. The minimum Gasteiger partial charge on any atom is -0.379 e. The second kappa shape index (κ2) is 11.3. The number of rotatable bonds is 9. The lowest BCUT2D eigenvalue weighted by molar-refractivity contribution is -0.123. The van der Waals surface area contributed by atoms with E-state index >= 15 is 4.39 Å². The topological polar surface area (TPSA) is 123 Å². The minimum atomic E-state index is -3.80. The summed E-state index contributed by atoms with van der Waals surface area (Å²) in [6.45, 7) is 5.40. The van der Waals surface area contributed by atoms with Gasteiger partial charge in [0.1, 0.15) is 16.1 Å². The Bertz CT molecular complexity index is 1490. The van der Waals surface area contributed by atoms with Crippen molar-refractivity contribution in [3.8, 4) is 11.1 Å². The number of hydrogen-bond donors (Lipinski definition) is 1. The van der Waals surface area contributed by atoms with Crippen LogP contribution < -0.4 is 10.9 Å². The highest BCUT2D eigenvalue weighted by atomic mass is 32.2. The van der Waals surface area contributed by atoms with Crippen LogP contribution in [0.2, 0.25) is 0 Å². The third kappa shape index (κ3) is 5.77. The van der Waals surface area contributed by atoms with E-state index in [1.165, 1.54) is 20.0 Å². The van der Waals surface area contributed by atoms with Crippen molar-refractivity contribution in [2.24, 2.45) is 0 Å². The third-order valence-electron chi connectivity index (χ3n) is 7.22. The largest absolute Gasteiger partial charge is 0.379 e. The number of amides is 1. The van der Waals surface area contributed by atoms with Crippen LogP contribution in [0.15, 0.2) is 41.2 Å². The van der Waals surface area contributed by atoms with E-state index in [9.17, 15) is 18.0 Å². The van der Waals surface area contributed by atoms with E-state index in [-0.39, 0.29) is 23.9 Å². The molecule has 12 heteroatoms. The van der Waals surface area contributed by atoms with E-state index in [1.54, 1.807) is 0 Å². The summed E-state index contributed by atoms with van der Waals surface area (Å²) in [7, 11) is -2.46. The molecule has 1 fully saturated rings. The lowest BCUT2D eigenvalue weighted by atomic mass is 10.0. The number of hydrogen-bond acceptors (Lipinski definition) is 8. The smallest absolute Gasteiger partial charge is 0.277 e. The van der Waals surface area contributed by atoms with E-state index in [4.69, 9.17) is 4.74 Å². The molecule has 0 spiro atoms. The van der Waals surface area contributed by atoms with Gasteiger partial charge in [-0.3, -0.25) is 14.5 Å². The maximum atomic E-state index is 15.1. The van der Waals surface area contributed by atoms with Gasteiger partial charge >= 0.3 is 0 Å². The summed E-state index contributed by atoms with van der Waals surface area (Å²) in [6, 6.07) is 10.2. The predicted octanol–water partition coefficient (Wildman–Crippen LogP) is 1.41. The molecule has 3 aromatic rings. The molecule has 0 aliphatic carbocycles. The van der Waals surface area contributed by atoms with Crippen LogP contribution in [0.25, 0.3) is 22.0 Å². The molecule has 38 heavy (non-hydrogen) atoms. The molecule has 4 rings (SSSR count). The molecule has 204 valence electrons. The van der Waals surface area contributed by atoms with Crippen molar-refractivity contribution >= 4 is 26.6 Å². The van der Waals surface area contributed by atoms with Gasteiger partial charge in [0.2, 0.25) is 5.91 Å². The molecule has 2 aromatic carbocycles. The second-order valence-electron chi connectivity index (χ2n) is 9.70. The highest BCUT2D eigenvalue weighted by Gasteiger charge is 2.42. The van der Waals surface area contributed by atoms with E-state index in [1.807, 2.05) is 24.3 Å². The zero-order chi connectivity index (χ0) is 27.5. The normalized spacial score (nSPS) is 16.3. The average Bonchev–Trinajstić information content (AvgIpc) is 2.91. The van der Waals surface area contributed by atoms with Crippen molar-refractivity contribution in [3.05, 3.63) is 58.1 Å². The SMILES string of the molecule is CNC(=O)[C@@](C)(CCn1nnc2cc(-c3ccc(CCN4CCOCC4)cc3)c(F)cc2c1=O)S(C)(=O)=O. The summed E-state index contributed by atoms with van der Waals surface area (Å²) in [5.74, 6) is -1.27. The zero-order valence-corrected chi connectivity index (χ0v) is 22.6. The Balaban J connectivity index is 1.54. The van der Waals surface area contributed by atoms with Crippen LogP contribution in [-0.2, 0) is 32.3 Å². The Morgan fingerprint density at radius 3 is 2.47 bits per heavy atom. The second-order valence-corrected chi connectivity index (χ2v) is 12.1. The molecule has 1 amide bonds. The van der Waals surface area contributed by atoms with Crippen LogP contribution in [0.3, 0.4) is 0 Å². The van der Waals surface area contributed by atoms with Crippen LogP contribution in [-0.4, -0.2) is 85.1 Å². The van der Waals surface area contributed by atoms with E-state index in [0.29, 0.717) is 11.1 Å². The summed E-state index contributed by atoms with van der Waals surface area (Å²) in [5.41, 5.74) is 1.69. The standard InChI is InChI=1S/C26H32FN5O5S/c1-26(25(34)28-2,38(3,35)36)9-11-32-24(33)21-16-22(27)20(17-23(21)29-30-32)19-6-4-18(5-7-19)8-10-31-12-14-37-15-13-31/h4-7,16-17H,8-15H2,1-3H3,(H,28,34)/t26-/m1/s1. The van der Waals surface area contributed by atoms with Crippen molar-refractivity contribution in [1.29, 1.82) is 0 Å². The van der Waals surface area contributed by atoms with Gasteiger partial charge in [-0.05, 0) is 43.0 Å². The molecule has 0 bridgehead atoms. The van der Waals surface area contributed by atoms with Gasteiger partial charge < -0.3 is 10.1 Å². The predicted molar refractivity (Wildman–Crippen MR) is 142 cm³/mol. The number of carbonyl (C=O) groups is 1. The van der Waals surface area contributed by atoms with E-state index in [2.05, 4.69) is 20.5 Å². The Kier molecular flexibility index (Phi) is 8.24. The first-order valence-electron chi connectivity index (χ1n) is 12.4. The lowest BCUT2D eigenvalue weighted by Gasteiger charge is -2.26. The fraction of sp³-hybridized carbons (Fsp3) is 0.462. The first kappa shape index (κ1) is 27.8.